The highest BCUT2D eigenvalue weighted by Gasteiger charge is 2.58. The maximum atomic E-state index is 13.4. The van der Waals surface area contributed by atoms with E-state index in [2.05, 4.69) is 16.3 Å². The van der Waals surface area contributed by atoms with Gasteiger partial charge in [0.2, 0.25) is 0 Å². The number of likely N-dealkylation sites (tertiary alicyclic amines) is 1. The zero-order valence-corrected chi connectivity index (χ0v) is 18.4. The Morgan fingerprint density at radius 3 is 2.34 bits per heavy atom. The number of hydrogen-bond acceptors (Lipinski definition) is 4. The fraction of sp³-hybridized carbons (Fsp3) is 0.481. The van der Waals surface area contributed by atoms with Crippen LogP contribution in [0, 0.1) is 29.1 Å². The summed E-state index contributed by atoms with van der Waals surface area (Å²) in [5.74, 6) is 0.763. The number of rotatable bonds is 7. The number of carbonyl (C=O) groups is 1. The molecule has 2 aromatic carbocycles. The molecule has 2 saturated carbocycles. The largest absolute Gasteiger partial charge is 0.375 e. The first kappa shape index (κ1) is 21.2. The Kier molecular flexibility index (Phi) is 5.75. The van der Waals surface area contributed by atoms with Crippen molar-refractivity contribution in [2.45, 2.75) is 43.7 Å². The molecule has 0 aromatic heterocycles. The van der Waals surface area contributed by atoms with Crippen LogP contribution in [0.4, 0.5) is 0 Å². The Labute approximate surface area is 190 Å². The molecule has 5 heteroatoms. The van der Waals surface area contributed by atoms with Crippen molar-refractivity contribution in [3.05, 3.63) is 71.3 Å². The lowest BCUT2D eigenvalue weighted by Crippen LogP contribution is -2.51. The Morgan fingerprint density at radius 1 is 1.06 bits per heavy atom. The predicted molar refractivity (Wildman–Crippen MR) is 123 cm³/mol. The molecule has 3 aliphatic rings. The van der Waals surface area contributed by atoms with Crippen LogP contribution >= 0.6 is 0 Å². The molecule has 4 atom stereocenters. The molecule has 0 bridgehead atoms. The predicted octanol–water partition coefficient (Wildman–Crippen LogP) is 3.23. The van der Waals surface area contributed by atoms with E-state index >= 15 is 0 Å². The first-order valence-corrected chi connectivity index (χ1v) is 11.9. The van der Waals surface area contributed by atoms with Crippen LogP contribution in [0.1, 0.15) is 42.4 Å². The van der Waals surface area contributed by atoms with E-state index in [9.17, 15) is 9.90 Å². The van der Waals surface area contributed by atoms with Gasteiger partial charge in [0.1, 0.15) is 0 Å². The summed E-state index contributed by atoms with van der Waals surface area (Å²) in [6.45, 7) is 2.99. The minimum absolute atomic E-state index is 0.00703. The van der Waals surface area contributed by atoms with Crippen molar-refractivity contribution in [2.24, 2.45) is 17.8 Å². The minimum Gasteiger partial charge on any atom is -0.375 e. The normalized spacial score (nSPS) is 26.8. The van der Waals surface area contributed by atoms with Gasteiger partial charge in [0.05, 0.1) is 11.6 Å². The van der Waals surface area contributed by atoms with Gasteiger partial charge >= 0.3 is 0 Å². The zero-order valence-electron chi connectivity index (χ0n) is 18.4. The summed E-state index contributed by atoms with van der Waals surface area (Å²) in [5.41, 5.74) is 1.24. The van der Waals surface area contributed by atoms with Gasteiger partial charge in [-0.15, -0.1) is 0 Å². The van der Waals surface area contributed by atoms with Gasteiger partial charge < -0.3 is 15.3 Å². The SMILES string of the molecule is N#Cc1ccc(CCN2CC3C(NC(=O)C(O)(c4ccccc4)C4CCCC4)[C@H]3C2)cc1. The fourth-order valence-corrected chi connectivity index (χ4v) is 5.89. The van der Waals surface area contributed by atoms with Gasteiger partial charge in [-0.1, -0.05) is 55.3 Å². The van der Waals surface area contributed by atoms with E-state index < -0.39 is 5.60 Å². The molecule has 2 aliphatic carbocycles. The topological polar surface area (TPSA) is 76.4 Å². The lowest BCUT2D eigenvalue weighted by atomic mass is 9.79. The summed E-state index contributed by atoms with van der Waals surface area (Å²) in [5, 5.41) is 23.8. The van der Waals surface area contributed by atoms with E-state index in [1.807, 2.05) is 54.6 Å². The molecule has 0 radical (unpaired) electrons. The van der Waals surface area contributed by atoms with Gasteiger partial charge in [-0.3, -0.25) is 4.79 Å². The number of carbonyl (C=O) groups excluding carboxylic acids is 1. The van der Waals surface area contributed by atoms with E-state index in [4.69, 9.17) is 5.26 Å². The molecule has 1 aliphatic heterocycles. The highest BCUT2D eigenvalue weighted by atomic mass is 16.3. The zero-order chi connectivity index (χ0) is 22.1. The number of hydrogen-bond donors (Lipinski definition) is 2. The van der Waals surface area contributed by atoms with E-state index in [-0.39, 0.29) is 17.9 Å². The summed E-state index contributed by atoms with van der Waals surface area (Å²) in [6, 6.07) is 19.7. The number of nitrogens with one attached hydrogen (secondary N) is 1. The third kappa shape index (κ3) is 3.94. The molecule has 3 fully saturated rings. The molecule has 5 rings (SSSR count). The van der Waals surface area contributed by atoms with Crippen LogP contribution in [0.15, 0.2) is 54.6 Å². The highest BCUT2D eigenvalue weighted by Crippen LogP contribution is 2.47. The van der Waals surface area contributed by atoms with E-state index in [1.165, 1.54) is 5.56 Å². The number of fused-ring (bicyclic) bond motifs is 1. The maximum absolute atomic E-state index is 13.4. The molecule has 1 saturated heterocycles. The summed E-state index contributed by atoms with van der Waals surface area (Å²) < 4.78 is 0. The number of nitriles is 1. The summed E-state index contributed by atoms with van der Waals surface area (Å²) in [4.78, 5) is 15.8. The molecular formula is C27H31N3O2. The van der Waals surface area contributed by atoms with Crippen LogP contribution in [-0.2, 0) is 16.8 Å². The van der Waals surface area contributed by atoms with Crippen molar-refractivity contribution in [1.29, 1.82) is 5.26 Å². The summed E-state index contributed by atoms with van der Waals surface area (Å²) >= 11 is 0. The molecule has 2 aromatic rings. The van der Waals surface area contributed by atoms with Gasteiger partial charge in [0.15, 0.2) is 5.60 Å². The van der Waals surface area contributed by atoms with Crippen molar-refractivity contribution >= 4 is 5.91 Å². The van der Waals surface area contributed by atoms with Crippen molar-refractivity contribution in [3.8, 4) is 6.07 Å². The van der Waals surface area contributed by atoms with Gasteiger partial charge in [-0.05, 0) is 54.4 Å². The van der Waals surface area contributed by atoms with Crippen molar-refractivity contribution in [3.63, 3.8) is 0 Å². The highest BCUT2D eigenvalue weighted by molar-refractivity contribution is 5.87. The van der Waals surface area contributed by atoms with Gasteiger partial charge in [-0.25, -0.2) is 0 Å². The van der Waals surface area contributed by atoms with E-state index in [0.717, 1.165) is 57.3 Å². The molecule has 3 unspecified atom stereocenters. The second kappa shape index (κ2) is 8.69. The number of aliphatic hydroxyl groups is 1. The monoisotopic (exact) mass is 429 g/mol. The summed E-state index contributed by atoms with van der Waals surface area (Å²) in [6.07, 6.45) is 4.93. The summed E-state index contributed by atoms with van der Waals surface area (Å²) in [7, 11) is 0. The second-order valence-electron chi connectivity index (χ2n) is 9.76. The van der Waals surface area contributed by atoms with Gasteiger partial charge in [-0.2, -0.15) is 5.26 Å². The molecule has 1 amide bonds. The Bertz CT molecular complexity index is 982. The minimum atomic E-state index is -1.43. The van der Waals surface area contributed by atoms with Crippen LogP contribution in [0.3, 0.4) is 0 Å². The molecule has 0 spiro atoms. The second-order valence-corrected chi connectivity index (χ2v) is 9.76. The van der Waals surface area contributed by atoms with Gasteiger partial charge in [0.25, 0.3) is 5.91 Å². The number of nitrogens with zero attached hydrogens (tertiary/aromatic N) is 2. The molecule has 1 heterocycles. The number of piperidine rings is 1. The Hall–Kier alpha value is -2.68. The quantitative estimate of drug-likeness (QED) is 0.709. The van der Waals surface area contributed by atoms with Crippen LogP contribution in [-0.4, -0.2) is 41.6 Å². The van der Waals surface area contributed by atoms with Gasteiger partial charge in [0, 0.05) is 31.6 Å². The van der Waals surface area contributed by atoms with Crippen LogP contribution < -0.4 is 5.32 Å². The van der Waals surface area contributed by atoms with Crippen molar-refractivity contribution < 1.29 is 9.90 Å². The first-order valence-electron chi connectivity index (χ1n) is 11.9. The van der Waals surface area contributed by atoms with Crippen molar-refractivity contribution in [2.75, 3.05) is 19.6 Å². The fourth-order valence-electron chi connectivity index (χ4n) is 5.89. The third-order valence-electron chi connectivity index (χ3n) is 7.87. The molecule has 166 valence electrons. The van der Waals surface area contributed by atoms with Crippen LogP contribution in [0.25, 0.3) is 0 Å². The molecule has 32 heavy (non-hydrogen) atoms. The lowest BCUT2D eigenvalue weighted by molar-refractivity contribution is -0.147. The standard InChI is InChI=1S/C27H31N3O2/c28-16-20-12-10-19(11-13-20)14-15-30-17-23-24(18-30)25(23)29-26(31)27(32,22-8-4-5-9-22)21-6-2-1-3-7-21/h1-3,6-7,10-13,22-25,32H,4-5,8-9,14-15,17-18H2,(H,29,31)/t23-,24?,25?,27?/m0/s1. The van der Waals surface area contributed by atoms with E-state index in [1.54, 1.807) is 0 Å². The van der Waals surface area contributed by atoms with Crippen molar-refractivity contribution in [1.82, 2.24) is 10.2 Å². The number of amides is 1. The third-order valence-corrected chi connectivity index (χ3v) is 7.87. The smallest absolute Gasteiger partial charge is 0.257 e. The lowest BCUT2D eigenvalue weighted by Gasteiger charge is -2.33. The average molecular weight is 430 g/mol. The van der Waals surface area contributed by atoms with E-state index in [0.29, 0.717) is 17.4 Å². The Balaban J connectivity index is 1.16. The average Bonchev–Trinajstić information content (AvgIpc) is 3.25. The molecule has 5 nitrogen and oxygen atoms in total. The van der Waals surface area contributed by atoms with Crippen LogP contribution in [0.2, 0.25) is 0 Å². The first-order chi connectivity index (χ1) is 15.6. The number of benzene rings is 2. The molecular weight excluding hydrogens is 398 g/mol. The van der Waals surface area contributed by atoms with Crippen LogP contribution in [0.5, 0.6) is 0 Å². The molecule has 2 N–H and O–H groups in total. The maximum Gasteiger partial charge on any atom is 0.257 e. The Morgan fingerprint density at radius 2 is 1.72 bits per heavy atom.